The molecule has 11 heteroatoms. The van der Waals surface area contributed by atoms with Gasteiger partial charge in [-0.15, -0.1) is 11.3 Å². The zero-order valence-corrected chi connectivity index (χ0v) is 19.5. The number of rotatable bonds is 3. The number of hydrogen-bond donors (Lipinski definition) is 1. The number of hydrogen-bond acceptors (Lipinski definition) is 7. The summed E-state index contributed by atoms with van der Waals surface area (Å²) >= 11 is 1.05. The number of carbonyl (C=O) groups is 1. The topological polar surface area (TPSA) is 70.6 Å². The number of nitrogens with zero attached hydrogens (tertiary/aromatic N) is 4. The maximum atomic E-state index is 12.9. The lowest BCUT2D eigenvalue weighted by molar-refractivity contribution is -0.126. The monoisotopic (exact) mass is 471 g/mol. The van der Waals surface area contributed by atoms with Gasteiger partial charge in [0.15, 0.2) is 0 Å². The first-order valence-corrected chi connectivity index (χ1v) is 11.5. The van der Waals surface area contributed by atoms with E-state index in [1.807, 2.05) is 20.8 Å². The van der Waals surface area contributed by atoms with Gasteiger partial charge in [-0.1, -0.05) is 0 Å². The van der Waals surface area contributed by atoms with Crippen LogP contribution >= 0.6 is 11.3 Å². The molecule has 32 heavy (non-hydrogen) atoms. The van der Waals surface area contributed by atoms with Gasteiger partial charge in [0.1, 0.15) is 16.2 Å². The summed E-state index contributed by atoms with van der Waals surface area (Å²) in [5.41, 5.74) is -0.615. The summed E-state index contributed by atoms with van der Waals surface area (Å²) in [5.74, 6) is 1.03. The van der Waals surface area contributed by atoms with Crippen molar-refractivity contribution in [2.24, 2.45) is 5.41 Å². The predicted octanol–water partition coefficient (Wildman–Crippen LogP) is 4.68. The van der Waals surface area contributed by atoms with E-state index >= 15 is 0 Å². The summed E-state index contributed by atoms with van der Waals surface area (Å²) in [6.45, 7) is 8.20. The van der Waals surface area contributed by atoms with Gasteiger partial charge in [0, 0.05) is 43.5 Å². The Morgan fingerprint density at radius 1 is 1.22 bits per heavy atom. The minimum atomic E-state index is -4.27. The summed E-state index contributed by atoms with van der Waals surface area (Å²) in [5, 5.41) is 3.56. The fourth-order valence-corrected chi connectivity index (χ4v) is 5.51. The Bertz CT molecular complexity index is 1020. The van der Waals surface area contributed by atoms with E-state index in [9.17, 15) is 18.0 Å². The first kappa shape index (κ1) is 22.9. The van der Waals surface area contributed by atoms with E-state index < -0.39 is 18.2 Å². The lowest BCUT2D eigenvalue weighted by Gasteiger charge is -2.27. The number of halogens is 3. The second-order valence-electron chi connectivity index (χ2n) is 9.67. The van der Waals surface area contributed by atoms with Gasteiger partial charge < -0.3 is 19.9 Å². The van der Waals surface area contributed by atoms with Crippen molar-refractivity contribution in [3.05, 3.63) is 10.9 Å². The number of anilines is 2. The number of alkyl halides is 3. The van der Waals surface area contributed by atoms with Gasteiger partial charge in [-0.3, -0.25) is 0 Å². The Morgan fingerprint density at radius 3 is 2.59 bits per heavy atom. The van der Waals surface area contributed by atoms with Gasteiger partial charge in [0.2, 0.25) is 5.95 Å². The van der Waals surface area contributed by atoms with E-state index in [0.29, 0.717) is 41.6 Å². The molecule has 4 heterocycles. The number of thiophene rings is 1. The average molecular weight is 472 g/mol. The number of fused-ring (bicyclic) bond motifs is 1. The van der Waals surface area contributed by atoms with Crippen LogP contribution in [0.3, 0.4) is 0 Å². The highest BCUT2D eigenvalue weighted by molar-refractivity contribution is 7.18. The molecule has 0 saturated carbocycles. The van der Waals surface area contributed by atoms with Gasteiger partial charge in [-0.25, -0.2) is 9.78 Å². The summed E-state index contributed by atoms with van der Waals surface area (Å²) in [7, 11) is 1.69. The van der Waals surface area contributed by atoms with Gasteiger partial charge in [-0.05, 0) is 39.7 Å². The smallest absolute Gasteiger partial charge is 0.410 e. The van der Waals surface area contributed by atoms with E-state index in [-0.39, 0.29) is 16.4 Å². The van der Waals surface area contributed by atoms with Crippen LogP contribution in [0.4, 0.5) is 29.7 Å². The molecular weight excluding hydrogens is 443 g/mol. The van der Waals surface area contributed by atoms with Crippen LogP contribution in [0, 0.1) is 5.41 Å². The molecule has 1 spiro atoms. The second kappa shape index (κ2) is 7.93. The molecule has 0 radical (unpaired) electrons. The molecular formula is C21H28F3N5O2S. The Kier molecular flexibility index (Phi) is 5.67. The molecule has 0 aromatic carbocycles. The quantitative estimate of drug-likeness (QED) is 0.701. The lowest BCUT2D eigenvalue weighted by Crippen LogP contribution is -2.37. The molecule has 7 nitrogen and oxygen atoms in total. The Hall–Kier alpha value is -2.30. The first-order chi connectivity index (χ1) is 14.9. The Morgan fingerprint density at radius 2 is 1.94 bits per heavy atom. The third-order valence-corrected chi connectivity index (χ3v) is 6.88. The van der Waals surface area contributed by atoms with Crippen LogP contribution in [-0.4, -0.2) is 66.0 Å². The molecule has 2 aliphatic rings. The lowest BCUT2D eigenvalue weighted by atomic mass is 9.86. The van der Waals surface area contributed by atoms with Crippen molar-refractivity contribution in [3.8, 4) is 0 Å². The van der Waals surface area contributed by atoms with Crippen LogP contribution in [-0.2, 0) is 11.2 Å². The van der Waals surface area contributed by atoms with Crippen molar-refractivity contribution in [1.29, 1.82) is 0 Å². The molecule has 2 fully saturated rings. The molecule has 0 bridgehead atoms. The van der Waals surface area contributed by atoms with Crippen LogP contribution in [0.2, 0.25) is 0 Å². The molecule has 176 valence electrons. The van der Waals surface area contributed by atoms with E-state index in [2.05, 4.69) is 20.2 Å². The fraction of sp³-hybridized carbons (Fsp3) is 0.667. The van der Waals surface area contributed by atoms with E-state index in [4.69, 9.17) is 4.74 Å². The number of amides is 1. The SMILES string of the molecule is CNc1nc(N2CCC3(CCN(C(=O)OC(C)(C)C)C3)C2)c2cc(CC(F)(F)F)sc2n1. The van der Waals surface area contributed by atoms with Crippen molar-refractivity contribution in [3.63, 3.8) is 0 Å². The standard InChI is InChI=1S/C21H28F3N5O2S/c1-19(2,3)31-18(30)29-8-6-20(12-29)5-7-28(11-20)15-14-9-13(10-21(22,23)24)32-16(14)27-17(25-4)26-15/h9H,5-8,10-12H2,1-4H3,(H,25,26,27). The third kappa shape index (κ3) is 4.87. The number of aromatic nitrogens is 2. The minimum absolute atomic E-state index is 0.0706. The number of carbonyl (C=O) groups excluding carboxylic acids is 1. The fourth-order valence-electron chi connectivity index (χ4n) is 4.46. The van der Waals surface area contributed by atoms with Crippen molar-refractivity contribution < 1.29 is 22.7 Å². The average Bonchev–Trinajstić information content (AvgIpc) is 3.37. The molecule has 1 amide bonds. The van der Waals surface area contributed by atoms with Crippen LogP contribution in [0.1, 0.15) is 38.5 Å². The molecule has 1 unspecified atom stereocenters. The van der Waals surface area contributed by atoms with Gasteiger partial charge >= 0.3 is 12.3 Å². The van der Waals surface area contributed by atoms with Gasteiger partial charge in [-0.2, -0.15) is 18.2 Å². The van der Waals surface area contributed by atoms with Crippen molar-refractivity contribution in [1.82, 2.24) is 14.9 Å². The maximum Gasteiger partial charge on any atom is 0.410 e. The van der Waals surface area contributed by atoms with Crippen LogP contribution in [0.25, 0.3) is 10.2 Å². The minimum Gasteiger partial charge on any atom is -0.444 e. The van der Waals surface area contributed by atoms with E-state index in [0.717, 1.165) is 30.7 Å². The largest absolute Gasteiger partial charge is 0.444 e. The summed E-state index contributed by atoms with van der Waals surface area (Å²) in [4.78, 5) is 26.1. The van der Waals surface area contributed by atoms with Crippen LogP contribution in [0.5, 0.6) is 0 Å². The highest BCUT2D eigenvalue weighted by Gasteiger charge is 2.46. The normalized spacial score (nSPS) is 21.7. The van der Waals surface area contributed by atoms with Crippen molar-refractivity contribution in [2.45, 2.75) is 51.8 Å². The van der Waals surface area contributed by atoms with E-state index in [1.54, 1.807) is 18.0 Å². The number of nitrogens with one attached hydrogen (secondary N) is 1. The molecule has 1 atom stereocenters. The molecule has 2 aliphatic heterocycles. The number of ether oxygens (including phenoxy) is 1. The summed E-state index contributed by atoms with van der Waals surface area (Å²) < 4.78 is 44.3. The number of likely N-dealkylation sites (tertiary alicyclic amines) is 1. The zero-order valence-electron chi connectivity index (χ0n) is 18.7. The third-order valence-electron chi connectivity index (χ3n) is 5.85. The summed E-state index contributed by atoms with van der Waals surface area (Å²) in [6.07, 6.45) is -3.81. The van der Waals surface area contributed by atoms with Gasteiger partial charge in [0.05, 0.1) is 11.8 Å². The first-order valence-electron chi connectivity index (χ1n) is 10.6. The van der Waals surface area contributed by atoms with Gasteiger partial charge in [0.25, 0.3) is 0 Å². The highest BCUT2D eigenvalue weighted by Crippen LogP contribution is 2.43. The molecule has 4 rings (SSSR count). The van der Waals surface area contributed by atoms with Crippen molar-refractivity contribution in [2.75, 3.05) is 43.4 Å². The predicted molar refractivity (Wildman–Crippen MR) is 118 cm³/mol. The summed E-state index contributed by atoms with van der Waals surface area (Å²) in [6, 6.07) is 1.56. The maximum absolute atomic E-state index is 12.9. The Balaban J connectivity index is 1.56. The molecule has 0 aliphatic carbocycles. The van der Waals surface area contributed by atoms with Crippen molar-refractivity contribution >= 4 is 39.4 Å². The highest BCUT2D eigenvalue weighted by atomic mass is 32.1. The Labute approximate surface area is 188 Å². The van der Waals surface area contributed by atoms with Crippen LogP contribution in [0.15, 0.2) is 6.07 Å². The second-order valence-corrected chi connectivity index (χ2v) is 10.8. The molecule has 2 saturated heterocycles. The zero-order chi connectivity index (χ0) is 23.3. The molecule has 2 aromatic rings. The molecule has 1 N–H and O–H groups in total. The van der Waals surface area contributed by atoms with E-state index in [1.165, 1.54) is 0 Å². The van der Waals surface area contributed by atoms with Crippen LogP contribution < -0.4 is 10.2 Å². The molecule has 2 aromatic heterocycles.